The highest BCUT2D eigenvalue weighted by molar-refractivity contribution is 5.46. The average molecular weight is 296 g/mol. The standard InChI is InChI=1S/C15H15F3N2O/c1-2-21-12-6-3-5-11(9-12)10-20-14-13(15(16,17)18)7-4-8-19-14/h3-9H,2,10H2,1H3,(H,19,20). The van der Waals surface area contributed by atoms with Gasteiger partial charge in [0.15, 0.2) is 0 Å². The zero-order valence-electron chi connectivity index (χ0n) is 11.4. The molecule has 3 nitrogen and oxygen atoms in total. The molecule has 1 N–H and O–H groups in total. The second-order valence-electron chi connectivity index (χ2n) is 4.33. The number of hydrogen-bond donors (Lipinski definition) is 1. The summed E-state index contributed by atoms with van der Waals surface area (Å²) in [6.45, 7) is 2.64. The lowest BCUT2D eigenvalue weighted by atomic mass is 10.2. The molecule has 2 aromatic rings. The molecule has 0 aliphatic rings. The number of nitrogens with one attached hydrogen (secondary N) is 1. The van der Waals surface area contributed by atoms with Gasteiger partial charge < -0.3 is 10.1 Å². The topological polar surface area (TPSA) is 34.1 Å². The van der Waals surface area contributed by atoms with E-state index in [0.717, 1.165) is 11.6 Å². The van der Waals surface area contributed by atoms with Crippen LogP contribution < -0.4 is 10.1 Å². The first-order valence-electron chi connectivity index (χ1n) is 6.48. The Hall–Kier alpha value is -2.24. The smallest absolute Gasteiger partial charge is 0.419 e. The second-order valence-corrected chi connectivity index (χ2v) is 4.33. The Bertz CT molecular complexity index is 599. The van der Waals surface area contributed by atoms with E-state index in [-0.39, 0.29) is 12.4 Å². The number of anilines is 1. The summed E-state index contributed by atoms with van der Waals surface area (Å²) in [7, 11) is 0. The fraction of sp³-hybridized carbons (Fsp3) is 0.267. The van der Waals surface area contributed by atoms with Crippen LogP contribution in [0.3, 0.4) is 0 Å². The summed E-state index contributed by atoms with van der Waals surface area (Å²) in [4.78, 5) is 3.76. The van der Waals surface area contributed by atoms with Crippen molar-refractivity contribution in [3.8, 4) is 5.75 Å². The van der Waals surface area contributed by atoms with Gasteiger partial charge in [-0.3, -0.25) is 0 Å². The summed E-state index contributed by atoms with van der Waals surface area (Å²) in [5.41, 5.74) is 0.0469. The van der Waals surface area contributed by atoms with Gasteiger partial charge >= 0.3 is 6.18 Å². The fourth-order valence-corrected chi connectivity index (χ4v) is 1.87. The van der Waals surface area contributed by atoms with Crippen LogP contribution in [0.25, 0.3) is 0 Å². The summed E-state index contributed by atoms with van der Waals surface area (Å²) in [6, 6.07) is 9.47. The predicted octanol–water partition coefficient (Wildman–Crippen LogP) is 4.11. The maximum Gasteiger partial charge on any atom is 0.419 e. The molecule has 1 aromatic heterocycles. The molecule has 0 aliphatic heterocycles. The predicted molar refractivity (Wildman–Crippen MR) is 74.2 cm³/mol. The molecule has 0 spiro atoms. The van der Waals surface area contributed by atoms with E-state index in [0.29, 0.717) is 12.4 Å². The SMILES string of the molecule is CCOc1cccc(CNc2ncccc2C(F)(F)F)c1. The van der Waals surface area contributed by atoms with Gasteiger partial charge in [-0.2, -0.15) is 13.2 Å². The van der Waals surface area contributed by atoms with Crippen molar-refractivity contribution in [2.24, 2.45) is 0 Å². The molecule has 21 heavy (non-hydrogen) atoms. The molecular formula is C15H15F3N2O. The van der Waals surface area contributed by atoms with Crippen LogP contribution in [0.1, 0.15) is 18.1 Å². The van der Waals surface area contributed by atoms with Gasteiger partial charge in [-0.25, -0.2) is 4.98 Å². The van der Waals surface area contributed by atoms with E-state index in [9.17, 15) is 13.2 Å². The van der Waals surface area contributed by atoms with Crippen LogP contribution in [-0.4, -0.2) is 11.6 Å². The molecule has 0 radical (unpaired) electrons. The van der Waals surface area contributed by atoms with Crippen molar-refractivity contribution in [2.45, 2.75) is 19.6 Å². The first-order valence-corrected chi connectivity index (χ1v) is 6.48. The Balaban J connectivity index is 2.12. The molecular weight excluding hydrogens is 281 g/mol. The van der Waals surface area contributed by atoms with E-state index < -0.39 is 11.7 Å². The normalized spacial score (nSPS) is 11.2. The maximum absolute atomic E-state index is 12.8. The number of benzene rings is 1. The number of alkyl halides is 3. The van der Waals surface area contributed by atoms with Crippen LogP contribution in [0.2, 0.25) is 0 Å². The summed E-state index contributed by atoms with van der Waals surface area (Å²) in [5.74, 6) is 0.515. The summed E-state index contributed by atoms with van der Waals surface area (Å²) in [5, 5.41) is 2.72. The largest absolute Gasteiger partial charge is 0.494 e. The van der Waals surface area contributed by atoms with Gasteiger partial charge in [-0.05, 0) is 36.8 Å². The molecule has 0 saturated heterocycles. The van der Waals surface area contributed by atoms with Crippen LogP contribution in [-0.2, 0) is 12.7 Å². The summed E-state index contributed by atoms with van der Waals surface area (Å²) in [6.07, 6.45) is -3.10. The Kier molecular flexibility index (Phi) is 4.67. The third-order valence-corrected chi connectivity index (χ3v) is 2.78. The van der Waals surface area contributed by atoms with Gasteiger partial charge in [0.05, 0.1) is 12.2 Å². The number of ether oxygens (including phenoxy) is 1. The fourth-order valence-electron chi connectivity index (χ4n) is 1.87. The Morgan fingerprint density at radius 3 is 2.71 bits per heavy atom. The number of rotatable bonds is 5. The molecule has 1 aromatic carbocycles. The molecule has 0 unspecified atom stereocenters. The first-order chi connectivity index (χ1) is 10.0. The van der Waals surface area contributed by atoms with Crippen molar-refractivity contribution in [3.05, 3.63) is 53.7 Å². The monoisotopic (exact) mass is 296 g/mol. The van der Waals surface area contributed by atoms with Crippen molar-refractivity contribution in [1.82, 2.24) is 4.98 Å². The van der Waals surface area contributed by atoms with E-state index in [1.165, 1.54) is 12.3 Å². The van der Waals surface area contributed by atoms with Crippen molar-refractivity contribution in [1.29, 1.82) is 0 Å². The van der Waals surface area contributed by atoms with Crippen molar-refractivity contribution in [2.75, 3.05) is 11.9 Å². The summed E-state index contributed by atoms with van der Waals surface area (Å²) < 4.78 is 43.9. The summed E-state index contributed by atoms with van der Waals surface area (Å²) >= 11 is 0. The minimum absolute atomic E-state index is 0.174. The zero-order chi connectivity index (χ0) is 15.3. The highest BCUT2D eigenvalue weighted by atomic mass is 19.4. The molecule has 0 amide bonds. The molecule has 2 rings (SSSR count). The molecule has 112 valence electrons. The van der Waals surface area contributed by atoms with Crippen LogP contribution in [0, 0.1) is 0 Å². The van der Waals surface area contributed by atoms with Crippen LogP contribution >= 0.6 is 0 Å². The lowest BCUT2D eigenvalue weighted by molar-refractivity contribution is -0.137. The third-order valence-electron chi connectivity index (χ3n) is 2.78. The van der Waals surface area contributed by atoms with Gasteiger partial charge in [0.25, 0.3) is 0 Å². The van der Waals surface area contributed by atoms with Crippen molar-refractivity contribution >= 4 is 5.82 Å². The van der Waals surface area contributed by atoms with E-state index in [1.807, 2.05) is 13.0 Å². The van der Waals surface area contributed by atoms with Crippen LogP contribution in [0.4, 0.5) is 19.0 Å². The minimum atomic E-state index is -4.43. The molecule has 1 heterocycles. The van der Waals surface area contributed by atoms with E-state index in [2.05, 4.69) is 10.3 Å². The van der Waals surface area contributed by atoms with Crippen molar-refractivity contribution < 1.29 is 17.9 Å². The molecule has 6 heteroatoms. The molecule has 0 fully saturated rings. The first kappa shape index (κ1) is 15.2. The number of halogens is 3. The Labute approximate surface area is 120 Å². The lowest BCUT2D eigenvalue weighted by Gasteiger charge is -2.13. The van der Waals surface area contributed by atoms with E-state index >= 15 is 0 Å². The van der Waals surface area contributed by atoms with Gasteiger partial charge in [-0.1, -0.05) is 12.1 Å². The number of hydrogen-bond acceptors (Lipinski definition) is 3. The lowest BCUT2D eigenvalue weighted by Crippen LogP contribution is -2.12. The Morgan fingerprint density at radius 1 is 1.19 bits per heavy atom. The molecule has 0 atom stereocenters. The highest BCUT2D eigenvalue weighted by Crippen LogP contribution is 2.33. The molecule has 0 aliphatic carbocycles. The number of nitrogens with zero attached hydrogens (tertiary/aromatic N) is 1. The van der Waals surface area contributed by atoms with Gasteiger partial charge in [0, 0.05) is 12.7 Å². The number of aromatic nitrogens is 1. The Morgan fingerprint density at radius 2 is 2.00 bits per heavy atom. The minimum Gasteiger partial charge on any atom is -0.494 e. The van der Waals surface area contributed by atoms with Crippen molar-refractivity contribution in [3.63, 3.8) is 0 Å². The van der Waals surface area contributed by atoms with Crippen LogP contribution in [0.15, 0.2) is 42.6 Å². The third kappa shape index (κ3) is 4.11. The van der Waals surface area contributed by atoms with Crippen LogP contribution in [0.5, 0.6) is 5.75 Å². The second kappa shape index (κ2) is 6.47. The maximum atomic E-state index is 12.8. The quantitative estimate of drug-likeness (QED) is 0.901. The van der Waals surface area contributed by atoms with E-state index in [4.69, 9.17) is 4.74 Å². The average Bonchev–Trinajstić information content (AvgIpc) is 2.45. The van der Waals surface area contributed by atoms with Gasteiger partial charge in [0.1, 0.15) is 11.6 Å². The van der Waals surface area contributed by atoms with E-state index in [1.54, 1.807) is 18.2 Å². The van der Waals surface area contributed by atoms with Gasteiger partial charge in [0.2, 0.25) is 0 Å². The number of pyridine rings is 1. The molecule has 0 bridgehead atoms. The van der Waals surface area contributed by atoms with Gasteiger partial charge in [-0.15, -0.1) is 0 Å². The highest BCUT2D eigenvalue weighted by Gasteiger charge is 2.33. The molecule has 0 saturated carbocycles. The zero-order valence-corrected chi connectivity index (χ0v) is 11.4.